The molecule has 18 heavy (non-hydrogen) atoms. The number of hydrazone groups is 1. The van der Waals surface area contributed by atoms with Crippen molar-refractivity contribution < 1.29 is 4.42 Å². The van der Waals surface area contributed by atoms with Crippen molar-refractivity contribution in [1.82, 2.24) is 9.97 Å². The van der Waals surface area contributed by atoms with Crippen LogP contribution < -0.4 is 5.43 Å². The zero-order valence-electron chi connectivity index (χ0n) is 9.22. The highest BCUT2D eigenvalue weighted by molar-refractivity contribution is 14.1. The Bertz CT molecular complexity index is 668. The minimum absolute atomic E-state index is 0.605. The standard InChI is InChI=1S/C12H9IN4O/c13-11-6-5-8(18-11)7-14-17-12-15-9-3-1-2-4-10(9)16-12/h1-7H,(H2,15,16,17). The third-order valence-electron chi connectivity index (χ3n) is 2.35. The number of aromatic amines is 1. The molecule has 3 rings (SSSR count). The molecule has 0 spiro atoms. The fourth-order valence-electron chi connectivity index (χ4n) is 1.56. The van der Waals surface area contributed by atoms with Crippen molar-refractivity contribution in [2.45, 2.75) is 0 Å². The van der Waals surface area contributed by atoms with E-state index in [-0.39, 0.29) is 0 Å². The Kier molecular flexibility index (Phi) is 3.01. The summed E-state index contributed by atoms with van der Waals surface area (Å²) in [5.41, 5.74) is 4.71. The molecule has 2 N–H and O–H groups in total. The van der Waals surface area contributed by atoms with E-state index >= 15 is 0 Å². The van der Waals surface area contributed by atoms with E-state index in [4.69, 9.17) is 4.42 Å². The zero-order valence-corrected chi connectivity index (χ0v) is 11.4. The van der Waals surface area contributed by atoms with Crippen LogP contribution in [0.3, 0.4) is 0 Å². The average Bonchev–Trinajstić information content (AvgIpc) is 2.95. The van der Waals surface area contributed by atoms with E-state index in [1.807, 2.05) is 36.4 Å². The monoisotopic (exact) mass is 352 g/mol. The molecule has 0 saturated carbocycles. The Morgan fingerprint density at radius 2 is 2.17 bits per heavy atom. The number of nitrogens with zero attached hydrogens (tertiary/aromatic N) is 2. The summed E-state index contributed by atoms with van der Waals surface area (Å²) in [6, 6.07) is 11.5. The van der Waals surface area contributed by atoms with Crippen LogP contribution in [0, 0.1) is 3.77 Å². The normalized spacial score (nSPS) is 11.4. The number of hydrogen-bond acceptors (Lipinski definition) is 4. The number of rotatable bonds is 3. The molecule has 0 aliphatic carbocycles. The molecule has 0 unspecified atom stereocenters. The lowest BCUT2D eigenvalue weighted by Gasteiger charge is -1.91. The van der Waals surface area contributed by atoms with E-state index in [1.165, 1.54) is 0 Å². The number of benzene rings is 1. The predicted octanol–water partition coefficient (Wildman–Crippen LogP) is 3.21. The number of H-pyrrole nitrogens is 1. The zero-order chi connectivity index (χ0) is 12.4. The molecule has 0 atom stereocenters. The minimum atomic E-state index is 0.605. The molecule has 0 saturated heterocycles. The third kappa shape index (κ3) is 2.37. The van der Waals surface area contributed by atoms with Gasteiger partial charge in [0.15, 0.2) is 3.77 Å². The van der Waals surface area contributed by atoms with Gasteiger partial charge in [-0.1, -0.05) is 12.1 Å². The molecule has 0 aliphatic heterocycles. The van der Waals surface area contributed by atoms with E-state index in [0.29, 0.717) is 11.7 Å². The minimum Gasteiger partial charge on any atom is -0.449 e. The molecule has 0 bridgehead atoms. The van der Waals surface area contributed by atoms with Gasteiger partial charge < -0.3 is 9.40 Å². The van der Waals surface area contributed by atoms with Gasteiger partial charge >= 0.3 is 0 Å². The Labute approximate surface area is 116 Å². The van der Waals surface area contributed by atoms with Crippen molar-refractivity contribution in [3.63, 3.8) is 0 Å². The van der Waals surface area contributed by atoms with E-state index in [2.05, 4.69) is 43.1 Å². The van der Waals surface area contributed by atoms with Gasteiger partial charge in [-0.05, 0) is 46.9 Å². The average molecular weight is 352 g/mol. The van der Waals surface area contributed by atoms with Gasteiger partial charge in [0.25, 0.3) is 0 Å². The number of aromatic nitrogens is 2. The molecule has 90 valence electrons. The lowest BCUT2D eigenvalue weighted by Crippen LogP contribution is -1.91. The molecule has 0 fully saturated rings. The highest BCUT2D eigenvalue weighted by atomic mass is 127. The Morgan fingerprint density at radius 3 is 2.94 bits per heavy atom. The largest absolute Gasteiger partial charge is 0.449 e. The highest BCUT2D eigenvalue weighted by Gasteiger charge is 1.99. The number of hydrogen-bond donors (Lipinski definition) is 2. The molecule has 0 aliphatic rings. The van der Waals surface area contributed by atoms with Gasteiger partial charge in [-0.2, -0.15) is 5.10 Å². The van der Waals surface area contributed by atoms with Crippen molar-refractivity contribution in [3.05, 3.63) is 45.9 Å². The molecule has 3 aromatic rings. The third-order valence-corrected chi connectivity index (χ3v) is 2.93. The molecule has 0 amide bonds. The van der Waals surface area contributed by atoms with Crippen LogP contribution in [0.1, 0.15) is 5.76 Å². The molecular weight excluding hydrogens is 343 g/mol. The Hall–Kier alpha value is -1.83. The van der Waals surface area contributed by atoms with Crippen LogP contribution in [0.5, 0.6) is 0 Å². The summed E-state index contributed by atoms with van der Waals surface area (Å²) >= 11 is 2.11. The van der Waals surface area contributed by atoms with Gasteiger partial charge in [0.1, 0.15) is 5.76 Å². The van der Waals surface area contributed by atoms with Crippen LogP contribution in [-0.2, 0) is 0 Å². The summed E-state index contributed by atoms with van der Waals surface area (Å²) in [6.07, 6.45) is 1.61. The summed E-state index contributed by atoms with van der Waals surface area (Å²) < 4.78 is 6.18. The second-order valence-electron chi connectivity index (χ2n) is 3.61. The maximum absolute atomic E-state index is 5.35. The van der Waals surface area contributed by atoms with Crippen LogP contribution in [0.25, 0.3) is 11.0 Å². The summed E-state index contributed by atoms with van der Waals surface area (Å²) in [4.78, 5) is 7.46. The maximum atomic E-state index is 5.35. The second kappa shape index (κ2) is 4.81. The SMILES string of the molecule is Ic1ccc(C=NNc2nc3ccccc3[nH]2)o1. The molecule has 6 heteroatoms. The van der Waals surface area contributed by atoms with Gasteiger partial charge in [-0.15, -0.1) is 0 Å². The number of fused-ring (bicyclic) bond motifs is 1. The smallest absolute Gasteiger partial charge is 0.222 e. The lowest BCUT2D eigenvalue weighted by molar-refractivity contribution is 0.531. The number of para-hydroxylation sites is 2. The summed E-state index contributed by atoms with van der Waals surface area (Å²) in [6.45, 7) is 0. The molecule has 2 heterocycles. The van der Waals surface area contributed by atoms with Crippen molar-refractivity contribution >= 4 is 45.8 Å². The van der Waals surface area contributed by atoms with Crippen LogP contribution in [0.15, 0.2) is 45.9 Å². The van der Waals surface area contributed by atoms with Crippen molar-refractivity contribution in [2.24, 2.45) is 5.10 Å². The Balaban J connectivity index is 1.74. The van der Waals surface area contributed by atoms with E-state index in [0.717, 1.165) is 14.8 Å². The molecule has 1 aromatic carbocycles. The molecule has 5 nitrogen and oxygen atoms in total. The first-order valence-corrected chi connectivity index (χ1v) is 6.38. The van der Waals surface area contributed by atoms with Crippen LogP contribution in [-0.4, -0.2) is 16.2 Å². The van der Waals surface area contributed by atoms with Gasteiger partial charge in [-0.3, -0.25) is 0 Å². The van der Waals surface area contributed by atoms with E-state index in [9.17, 15) is 0 Å². The number of nitrogens with one attached hydrogen (secondary N) is 2. The van der Waals surface area contributed by atoms with Gasteiger partial charge in [0.2, 0.25) is 5.95 Å². The highest BCUT2D eigenvalue weighted by Crippen LogP contribution is 2.13. The Morgan fingerprint density at radius 1 is 1.28 bits per heavy atom. The summed E-state index contributed by atoms with van der Waals surface area (Å²) in [5, 5.41) is 4.05. The van der Waals surface area contributed by atoms with Crippen LogP contribution in [0.4, 0.5) is 5.95 Å². The summed E-state index contributed by atoms with van der Waals surface area (Å²) in [5.74, 6) is 1.30. The first-order valence-electron chi connectivity index (χ1n) is 5.30. The van der Waals surface area contributed by atoms with Gasteiger partial charge in [-0.25, -0.2) is 10.4 Å². The number of imidazole rings is 1. The number of halogens is 1. The van der Waals surface area contributed by atoms with Crippen molar-refractivity contribution in [3.8, 4) is 0 Å². The van der Waals surface area contributed by atoms with E-state index < -0.39 is 0 Å². The van der Waals surface area contributed by atoms with E-state index in [1.54, 1.807) is 6.21 Å². The van der Waals surface area contributed by atoms with Crippen molar-refractivity contribution in [1.29, 1.82) is 0 Å². The van der Waals surface area contributed by atoms with Gasteiger partial charge in [0, 0.05) is 0 Å². The number of anilines is 1. The van der Waals surface area contributed by atoms with Gasteiger partial charge in [0.05, 0.1) is 17.2 Å². The first kappa shape index (κ1) is 11.3. The molecular formula is C12H9IN4O. The first-order chi connectivity index (χ1) is 8.81. The van der Waals surface area contributed by atoms with Crippen LogP contribution >= 0.6 is 22.6 Å². The number of furan rings is 1. The quantitative estimate of drug-likeness (QED) is 0.432. The molecule has 2 aromatic heterocycles. The lowest BCUT2D eigenvalue weighted by atomic mass is 10.3. The fourth-order valence-corrected chi connectivity index (χ4v) is 1.99. The summed E-state index contributed by atoms with van der Waals surface area (Å²) in [7, 11) is 0. The fraction of sp³-hybridized carbons (Fsp3) is 0. The van der Waals surface area contributed by atoms with Crippen LogP contribution in [0.2, 0.25) is 0 Å². The predicted molar refractivity (Wildman–Crippen MR) is 78.7 cm³/mol. The van der Waals surface area contributed by atoms with Crippen molar-refractivity contribution in [2.75, 3.05) is 5.43 Å². The molecule has 0 radical (unpaired) electrons. The maximum Gasteiger partial charge on any atom is 0.222 e. The topological polar surface area (TPSA) is 66.2 Å². The second-order valence-corrected chi connectivity index (χ2v) is 4.68.